The van der Waals surface area contributed by atoms with Gasteiger partial charge in [-0.05, 0) is 6.07 Å². The molecule has 4 nitrogen and oxygen atoms in total. The Labute approximate surface area is 133 Å². The van der Waals surface area contributed by atoms with Crippen molar-refractivity contribution in [1.82, 2.24) is 4.98 Å². The van der Waals surface area contributed by atoms with Gasteiger partial charge in [-0.3, -0.25) is 0 Å². The molecule has 1 aromatic rings. The monoisotopic (exact) mass is 331 g/mol. The molecule has 0 spiro atoms. The minimum absolute atomic E-state index is 0.0854. The first-order valence-electron chi connectivity index (χ1n) is 6.93. The second-order valence-corrected chi connectivity index (χ2v) is 16.6. The molecule has 0 aromatic carbocycles. The molecule has 0 aliphatic heterocycles. The van der Waals surface area contributed by atoms with Crippen LogP contribution in [0.4, 0.5) is 0 Å². The lowest BCUT2D eigenvalue weighted by Crippen LogP contribution is -2.17. The van der Waals surface area contributed by atoms with E-state index < -0.39 is 27.9 Å². The van der Waals surface area contributed by atoms with Gasteiger partial charge in [-0.25, -0.2) is 9.78 Å². The van der Waals surface area contributed by atoms with E-state index in [1.54, 1.807) is 0 Å². The fraction of sp³-hybridized carbons (Fsp3) is 0.375. The SMILES string of the molecule is C[Si](C)(C)C#Cc1cc(C(=O)O)c(O)c(C#C[Si](C)(C)C)n1. The molecule has 1 heterocycles. The van der Waals surface area contributed by atoms with Gasteiger partial charge in [0.15, 0.2) is 11.4 Å². The number of carbonyl (C=O) groups is 1. The largest absolute Gasteiger partial charge is 0.504 e. The summed E-state index contributed by atoms with van der Waals surface area (Å²) in [6.45, 7) is 12.4. The van der Waals surface area contributed by atoms with Crippen molar-refractivity contribution in [2.75, 3.05) is 0 Å². The third kappa shape index (κ3) is 5.76. The van der Waals surface area contributed by atoms with Crippen LogP contribution in [0, 0.1) is 22.9 Å². The third-order valence-electron chi connectivity index (χ3n) is 2.34. The molecule has 0 unspecified atom stereocenters. The summed E-state index contributed by atoms with van der Waals surface area (Å²) in [5.41, 5.74) is 6.42. The van der Waals surface area contributed by atoms with Crippen LogP contribution in [0.1, 0.15) is 21.7 Å². The molecule has 0 radical (unpaired) electrons. The van der Waals surface area contributed by atoms with E-state index in [1.165, 1.54) is 6.07 Å². The highest BCUT2D eigenvalue weighted by Gasteiger charge is 2.17. The first kappa shape index (κ1) is 18.0. The highest BCUT2D eigenvalue weighted by Crippen LogP contribution is 2.21. The molecule has 0 saturated carbocycles. The van der Waals surface area contributed by atoms with Crippen molar-refractivity contribution >= 4 is 22.1 Å². The first-order chi connectivity index (χ1) is 9.89. The van der Waals surface area contributed by atoms with E-state index in [-0.39, 0.29) is 11.3 Å². The lowest BCUT2D eigenvalue weighted by Gasteiger charge is -2.06. The van der Waals surface area contributed by atoms with Crippen molar-refractivity contribution in [2.24, 2.45) is 0 Å². The van der Waals surface area contributed by atoms with Crippen molar-refractivity contribution in [3.8, 4) is 28.7 Å². The number of hydrogen-bond acceptors (Lipinski definition) is 3. The van der Waals surface area contributed by atoms with Crippen LogP contribution in [-0.2, 0) is 0 Å². The number of carboxylic acid groups (broad SMARTS) is 1. The maximum atomic E-state index is 11.3. The molecule has 1 rings (SSSR count). The number of aromatic nitrogens is 1. The van der Waals surface area contributed by atoms with Gasteiger partial charge in [0.1, 0.15) is 27.4 Å². The van der Waals surface area contributed by atoms with Gasteiger partial charge in [0.2, 0.25) is 0 Å². The summed E-state index contributed by atoms with van der Waals surface area (Å²) in [4.78, 5) is 15.5. The number of aromatic hydroxyl groups is 1. The number of carboxylic acids is 1. The first-order valence-corrected chi connectivity index (χ1v) is 13.9. The van der Waals surface area contributed by atoms with Gasteiger partial charge >= 0.3 is 5.97 Å². The smallest absolute Gasteiger partial charge is 0.339 e. The minimum Gasteiger partial charge on any atom is -0.504 e. The summed E-state index contributed by atoms with van der Waals surface area (Å²) in [5, 5.41) is 19.2. The number of hydrogen-bond donors (Lipinski definition) is 2. The van der Waals surface area contributed by atoms with Crippen molar-refractivity contribution < 1.29 is 15.0 Å². The van der Waals surface area contributed by atoms with E-state index in [4.69, 9.17) is 0 Å². The second kappa shape index (κ2) is 6.39. The van der Waals surface area contributed by atoms with Crippen molar-refractivity contribution in [1.29, 1.82) is 0 Å². The Balaban J connectivity index is 3.49. The summed E-state index contributed by atoms with van der Waals surface area (Å²) in [5.74, 6) is 4.12. The molecule has 0 bridgehead atoms. The summed E-state index contributed by atoms with van der Waals surface area (Å²) >= 11 is 0. The fourth-order valence-corrected chi connectivity index (χ4v) is 2.35. The van der Waals surface area contributed by atoms with E-state index in [0.717, 1.165) is 0 Å². The van der Waals surface area contributed by atoms with Crippen molar-refractivity contribution in [2.45, 2.75) is 39.3 Å². The number of rotatable bonds is 1. The minimum atomic E-state index is -1.66. The van der Waals surface area contributed by atoms with E-state index in [9.17, 15) is 15.0 Å². The molecule has 0 fully saturated rings. The third-order valence-corrected chi connectivity index (χ3v) is 4.09. The molecule has 6 heteroatoms. The molecular formula is C16H21NO3Si2. The van der Waals surface area contributed by atoms with Crippen LogP contribution in [0.5, 0.6) is 5.75 Å². The van der Waals surface area contributed by atoms with Crippen molar-refractivity contribution in [3.05, 3.63) is 23.0 Å². The molecule has 0 aliphatic rings. The van der Waals surface area contributed by atoms with Gasteiger partial charge in [-0.15, -0.1) is 11.1 Å². The van der Waals surface area contributed by atoms with Crippen LogP contribution < -0.4 is 0 Å². The van der Waals surface area contributed by atoms with Crippen molar-refractivity contribution in [3.63, 3.8) is 0 Å². The van der Waals surface area contributed by atoms with Crippen LogP contribution >= 0.6 is 0 Å². The van der Waals surface area contributed by atoms with Gasteiger partial charge in [-0.1, -0.05) is 51.1 Å². The van der Waals surface area contributed by atoms with Gasteiger partial charge in [-0.2, -0.15) is 0 Å². The predicted molar refractivity (Wildman–Crippen MR) is 93.3 cm³/mol. The molecule has 0 amide bonds. The summed E-state index contributed by atoms with van der Waals surface area (Å²) in [6.07, 6.45) is 0. The highest BCUT2D eigenvalue weighted by atomic mass is 28.3. The van der Waals surface area contributed by atoms with Gasteiger partial charge in [0.05, 0.1) is 0 Å². The molecule has 0 aliphatic carbocycles. The Hall–Kier alpha value is -2.03. The van der Waals surface area contributed by atoms with E-state index in [1.807, 2.05) is 0 Å². The average molecular weight is 332 g/mol. The molecule has 116 valence electrons. The molecule has 1 aromatic heterocycles. The normalized spacial score (nSPS) is 11.0. The van der Waals surface area contributed by atoms with E-state index in [0.29, 0.717) is 5.69 Å². The topological polar surface area (TPSA) is 70.4 Å². The highest BCUT2D eigenvalue weighted by molar-refractivity contribution is 6.84. The predicted octanol–water partition coefficient (Wildman–Crippen LogP) is 2.94. The van der Waals surface area contributed by atoms with Gasteiger partial charge in [0.25, 0.3) is 0 Å². The Bertz CT molecular complexity index is 720. The summed E-state index contributed by atoms with van der Waals surface area (Å²) in [7, 11) is -3.27. The zero-order valence-corrected chi connectivity index (χ0v) is 15.8. The quantitative estimate of drug-likeness (QED) is 0.613. The number of pyridine rings is 1. The Morgan fingerprint density at radius 3 is 2.00 bits per heavy atom. The Morgan fingerprint density at radius 1 is 1.05 bits per heavy atom. The zero-order valence-electron chi connectivity index (χ0n) is 13.8. The average Bonchev–Trinajstić information content (AvgIpc) is 2.33. The molecule has 0 atom stereocenters. The number of nitrogens with zero attached hydrogens (tertiary/aromatic N) is 1. The number of aromatic carboxylic acids is 1. The Kier molecular flexibility index (Phi) is 5.23. The molecular weight excluding hydrogens is 310 g/mol. The van der Waals surface area contributed by atoms with Crippen LogP contribution in [0.3, 0.4) is 0 Å². The van der Waals surface area contributed by atoms with Crippen LogP contribution in [-0.4, -0.2) is 37.3 Å². The standard InChI is InChI=1S/C16H21NO3Si2/c1-21(2,3)9-7-12-11-13(16(19)20)15(18)14(17-12)8-10-22(4,5)6/h11,18H,1-6H3,(H,19,20). The lowest BCUT2D eigenvalue weighted by molar-refractivity contribution is 0.0693. The van der Waals surface area contributed by atoms with E-state index in [2.05, 4.69) is 67.2 Å². The van der Waals surface area contributed by atoms with Crippen LogP contribution in [0.2, 0.25) is 39.3 Å². The summed E-state index contributed by atoms with van der Waals surface area (Å²) in [6, 6.07) is 1.30. The maximum Gasteiger partial charge on any atom is 0.339 e. The molecule has 2 N–H and O–H groups in total. The van der Waals surface area contributed by atoms with Gasteiger partial charge in [0, 0.05) is 0 Å². The van der Waals surface area contributed by atoms with Crippen LogP contribution in [0.15, 0.2) is 6.07 Å². The second-order valence-electron chi connectivity index (χ2n) is 7.06. The molecule has 0 saturated heterocycles. The maximum absolute atomic E-state index is 11.3. The lowest BCUT2D eigenvalue weighted by atomic mass is 10.1. The summed E-state index contributed by atoms with van der Waals surface area (Å²) < 4.78 is 0. The fourth-order valence-electron chi connectivity index (χ4n) is 1.35. The van der Waals surface area contributed by atoms with Gasteiger partial charge < -0.3 is 10.2 Å². The Morgan fingerprint density at radius 2 is 1.55 bits per heavy atom. The van der Waals surface area contributed by atoms with E-state index >= 15 is 0 Å². The van der Waals surface area contributed by atoms with Crippen LogP contribution in [0.25, 0.3) is 0 Å². The zero-order chi connectivity index (χ0) is 17.1. The molecule has 22 heavy (non-hydrogen) atoms.